The Labute approximate surface area is 134 Å². The highest BCUT2D eigenvalue weighted by molar-refractivity contribution is 9.10. The maximum atomic E-state index is 12.6. The summed E-state index contributed by atoms with van der Waals surface area (Å²) in [6.45, 7) is 7.46. The van der Waals surface area contributed by atoms with Gasteiger partial charge < -0.3 is 10.1 Å². The van der Waals surface area contributed by atoms with Crippen molar-refractivity contribution in [3.05, 3.63) is 22.9 Å². The zero-order valence-corrected chi connectivity index (χ0v) is 14.3. The van der Waals surface area contributed by atoms with Crippen LogP contribution in [0.4, 0.5) is 10.5 Å². The SMILES string of the molecule is CC(C)(C)OC(=O)N(c1cncc(Br)c1)C1CCNCC1. The van der Waals surface area contributed by atoms with Crippen molar-refractivity contribution in [2.24, 2.45) is 0 Å². The van der Waals surface area contributed by atoms with Crippen molar-refractivity contribution in [2.75, 3.05) is 18.0 Å². The average molecular weight is 356 g/mol. The van der Waals surface area contributed by atoms with Crippen LogP contribution in [0.3, 0.4) is 0 Å². The van der Waals surface area contributed by atoms with Crippen molar-refractivity contribution in [2.45, 2.75) is 45.3 Å². The van der Waals surface area contributed by atoms with Crippen LogP contribution in [0.2, 0.25) is 0 Å². The molecule has 0 unspecified atom stereocenters. The topological polar surface area (TPSA) is 54.5 Å². The minimum Gasteiger partial charge on any atom is -0.443 e. The molecule has 0 atom stereocenters. The second kappa shape index (κ2) is 6.75. The molecule has 0 saturated carbocycles. The van der Waals surface area contributed by atoms with Crippen molar-refractivity contribution >= 4 is 27.7 Å². The molecule has 5 nitrogen and oxygen atoms in total. The van der Waals surface area contributed by atoms with Crippen LogP contribution in [-0.4, -0.2) is 35.8 Å². The lowest BCUT2D eigenvalue weighted by Gasteiger charge is -2.35. The summed E-state index contributed by atoms with van der Waals surface area (Å²) in [5, 5.41) is 3.32. The Hall–Kier alpha value is -1.14. The first-order valence-corrected chi connectivity index (χ1v) is 7.99. The molecular formula is C15H22BrN3O2. The number of carbonyl (C=O) groups excluding carboxylic acids is 1. The van der Waals surface area contributed by atoms with Crippen LogP contribution in [0, 0.1) is 0 Å². The molecule has 1 N–H and O–H groups in total. The Morgan fingerprint density at radius 1 is 1.38 bits per heavy atom. The number of piperidine rings is 1. The van der Waals surface area contributed by atoms with E-state index >= 15 is 0 Å². The van der Waals surface area contributed by atoms with Crippen LogP contribution in [0.15, 0.2) is 22.9 Å². The Morgan fingerprint density at radius 2 is 2.05 bits per heavy atom. The van der Waals surface area contributed by atoms with Gasteiger partial charge in [0.15, 0.2) is 0 Å². The van der Waals surface area contributed by atoms with Gasteiger partial charge in [0, 0.05) is 16.7 Å². The average Bonchev–Trinajstić information content (AvgIpc) is 2.38. The number of hydrogen-bond donors (Lipinski definition) is 1. The van der Waals surface area contributed by atoms with Gasteiger partial charge in [-0.3, -0.25) is 9.88 Å². The van der Waals surface area contributed by atoms with Gasteiger partial charge in [0.25, 0.3) is 0 Å². The molecule has 0 spiro atoms. The molecular weight excluding hydrogens is 334 g/mol. The fourth-order valence-corrected chi connectivity index (χ4v) is 2.73. The zero-order valence-electron chi connectivity index (χ0n) is 12.7. The zero-order chi connectivity index (χ0) is 15.5. The third-order valence-corrected chi connectivity index (χ3v) is 3.67. The maximum absolute atomic E-state index is 12.6. The number of aromatic nitrogens is 1. The van der Waals surface area contributed by atoms with Crippen molar-refractivity contribution in [1.29, 1.82) is 0 Å². The minimum absolute atomic E-state index is 0.136. The van der Waals surface area contributed by atoms with Gasteiger partial charge in [-0.25, -0.2) is 4.79 Å². The van der Waals surface area contributed by atoms with E-state index in [1.54, 1.807) is 17.3 Å². The summed E-state index contributed by atoms with van der Waals surface area (Å²) in [7, 11) is 0. The van der Waals surface area contributed by atoms with Gasteiger partial charge in [-0.05, 0) is 68.7 Å². The molecule has 1 aromatic rings. The number of anilines is 1. The molecule has 116 valence electrons. The first-order valence-electron chi connectivity index (χ1n) is 7.20. The van der Waals surface area contributed by atoms with Gasteiger partial charge in [-0.2, -0.15) is 0 Å². The third-order valence-electron chi connectivity index (χ3n) is 3.23. The summed E-state index contributed by atoms with van der Waals surface area (Å²) >= 11 is 3.41. The Bertz CT molecular complexity index is 496. The Morgan fingerprint density at radius 3 is 2.62 bits per heavy atom. The highest BCUT2D eigenvalue weighted by atomic mass is 79.9. The van der Waals surface area contributed by atoms with Crippen LogP contribution in [0.1, 0.15) is 33.6 Å². The number of ether oxygens (including phenoxy) is 1. The molecule has 1 aliphatic rings. The predicted molar refractivity (Wildman–Crippen MR) is 86.5 cm³/mol. The summed E-state index contributed by atoms with van der Waals surface area (Å²) in [4.78, 5) is 18.5. The Kier molecular flexibility index (Phi) is 5.22. The van der Waals surface area contributed by atoms with Crippen molar-refractivity contribution in [3.8, 4) is 0 Å². The third kappa shape index (κ3) is 4.68. The highest BCUT2D eigenvalue weighted by Gasteiger charge is 2.30. The van der Waals surface area contributed by atoms with Crippen LogP contribution in [0.25, 0.3) is 0 Å². The molecule has 0 bridgehead atoms. The van der Waals surface area contributed by atoms with Gasteiger partial charge in [0.2, 0.25) is 0 Å². The van der Waals surface area contributed by atoms with Gasteiger partial charge in [0.1, 0.15) is 5.60 Å². The number of pyridine rings is 1. The number of amides is 1. The first kappa shape index (κ1) is 16.2. The second-order valence-corrected chi connectivity index (χ2v) is 7.11. The van der Waals surface area contributed by atoms with E-state index in [2.05, 4.69) is 26.2 Å². The largest absolute Gasteiger partial charge is 0.443 e. The van der Waals surface area contributed by atoms with Gasteiger partial charge in [-0.15, -0.1) is 0 Å². The summed E-state index contributed by atoms with van der Waals surface area (Å²) in [6.07, 6.45) is 4.92. The fourth-order valence-electron chi connectivity index (χ4n) is 2.37. The molecule has 1 saturated heterocycles. The molecule has 1 fully saturated rings. The number of hydrogen-bond acceptors (Lipinski definition) is 4. The first-order chi connectivity index (χ1) is 9.87. The van der Waals surface area contributed by atoms with Crippen LogP contribution < -0.4 is 10.2 Å². The number of carbonyl (C=O) groups is 1. The van der Waals surface area contributed by atoms with E-state index in [1.165, 1.54) is 0 Å². The monoisotopic (exact) mass is 355 g/mol. The summed E-state index contributed by atoms with van der Waals surface area (Å²) in [6, 6.07) is 2.04. The van der Waals surface area contributed by atoms with E-state index in [0.29, 0.717) is 0 Å². The van der Waals surface area contributed by atoms with Crippen LogP contribution in [-0.2, 0) is 4.74 Å². The molecule has 1 aliphatic heterocycles. The molecule has 0 aliphatic carbocycles. The van der Waals surface area contributed by atoms with E-state index in [0.717, 1.165) is 36.1 Å². The highest BCUT2D eigenvalue weighted by Crippen LogP contribution is 2.26. The molecule has 0 radical (unpaired) electrons. The molecule has 2 heterocycles. The van der Waals surface area contributed by atoms with Gasteiger partial charge in [0.05, 0.1) is 11.9 Å². The maximum Gasteiger partial charge on any atom is 0.415 e. The lowest BCUT2D eigenvalue weighted by Crippen LogP contribution is -2.48. The molecule has 0 aromatic carbocycles. The van der Waals surface area contributed by atoms with Crippen LogP contribution >= 0.6 is 15.9 Å². The molecule has 6 heteroatoms. The number of nitrogens with zero attached hydrogens (tertiary/aromatic N) is 2. The molecule has 2 rings (SSSR count). The fraction of sp³-hybridized carbons (Fsp3) is 0.600. The van der Waals surface area contributed by atoms with E-state index in [4.69, 9.17) is 4.74 Å². The van der Waals surface area contributed by atoms with Gasteiger partial charge >= 0.3 is 6.09 Å². The van der Waals surface area contributed by atoms with E-state index in [9.17, 15) is 4.79 Å². The lowest BCUT2D eigenvalue weighted by atomic mass is 10.0. The summed E-state index contributed by atoms with van der Waals surface area (Å²) < 4.78 is 6.42. The smallest absolute Gasteiger partial charge is 0.415 e. The lowest BCUT2D eigenvalue weighted by molar-refractivity contribution is 0.0559. The van der Waals surface area contributed by atoms with Crippen molar-refractivity contribution in [3.63, 3.8) is 0 Å². The second-order valence-electron chi connectivity index (χ2n) is 6.19. The predicted octanol–water partition coefficient (Wildman–Crippen LogP) is 3.34. The molecule has 1 aromatic heterocycles. The van der Waals surface area contributed by atoms with Gasteiger partial charge in [-0.1, -0.05) is 0 Å². The number of rotatable bonds is 2. The Balaban J connectivity index is 2.27. The number of halogens is 1. The van der Waals surface area contributed by atoms with Crippen molar-refractivity contribution < 1.29 is 9.53 Å². The van der Waals surface area contributed by atoms with Crippen molar-refractivity contribution in [1.82, 2.24) is 10.3 Å². The van der Waals surface area contributed by atoms with Crippen LogP contribution in [0.5, 0.6) is 0 Å². The number of nitrogens with one attached hydrogen (secondary N) is 1. The quantitative estimate of drug-likeness (QED) is 0.883. The standard InChI is InChI=1S/C15H22BrN3O2/c1-15(2,3)21-14(20)19(12-4-6-17-7-5-12)13-8-11(16)9-18-10-13/h8-10,12,17H,4-7H2,1-3H3. The summed E-state index contributed by atoms with van der Waals surface area (Å²) in [5.41, 5.74) is 0.257. The molecule has 21 heavy (non-hydrogen) atoms. The minimum atomic E-state index is -0.512. The summed E-state index contributed by atoms with van der Waals surface area (Å²) in [5.74, 6) is 0. The van der Waals surface area contributed by atoms with E-state index in [-0.39, 0.29) is 12.1 Å². The molecule has 1 amide bonds. The van der Waals surface area contributed by atoms with E-state index in [1.807, 2.05) is 26.8 Å². The normalized spacial score (nSPS) is 16.6. The van der Waals surface area contributed by atoms with E-state index < -0.39 is 5.60 Å².